The minimum Gasteiger partial charge on any atom is -0.355 e. The second-order valence-electron chi connectivity index (χ2n) is 5.66. The average Bonchev–Trinajstić information content (AvgIpc) is 2.27. The van der Waals surface area contributed by atoms with E-state index in [2.05, 4.69) is 31.1 Å². The maximum atomic E-state index is 11.9. The van der Waals surface area contributed by atoms with E-state index in [0.717, 1.165) is 25.9 Å². The fraction of sp³-hybridized carbons (Fsp3) is 0.917. The summed E-state index contributed by atoms with van der Waals surface area (Å²) in [5.74, 6) is 0.402. The van der Waals surface area contributed by atoms with Gasteiger partial charge in [0, 0.05) is 12.5 Å². The first-order valence-electron chi connectivity index (χ1n) is 6.11. The Morgan fingerprint density at radius 2 is 2.00 bits per heavy atom. The minimum atomic E-state index is 0.00111. The Morgan fingerprint density at radius 1 is 1.44 bits per heavy atom. The second kappa shape index (κ2) is 5.64. The van der Waals surface area contributed by atoms with Crippen LogP contribution in [0.15, 0.2) is 0 Å². The first-order valence-corrected chi connectivity index (χ1v) is 6.11. The van der Waals surface area contributed by atoms with Gasteiger partial charge in [-0.25, -0.2) is 0 Å². The predicted octanol–water partition coefficient (Wildman–Crippen LogP) is 0.429. The van der Waals surface area contributed by atoms with Crippen LogP contribution >= 0.6 is 0 Å². The molecule has 1 fully saturated rings. The van der Waals surface area contributed by atoms with E-state index in [4.69, 9.17) is 5.73 Å². The van der Waals surface area contributed by atoms with Crippen LogP contribution in [0.3, 0.4) is 0 Å². The molecule has 3 N–H and O–H groups in total. The molecule has 1 amide bonds. The van der Waals surface area contributed by atoms with Gasteiger partial charge in [-0.2, -0.15) is 0 Å². The van der Waals surface area contributed by atoms with E-state index in [-0.39, 0.29) is 17.2 Å². The monoisotopic (exact) mass is 227 g/mol. The number of hydrogen-bond acceptors (Lipinski definition) is 3. The molecule has 1 heterocycles. The highest BCUT2D eigenvalue weighted by Gasteiger charge is 2.24. The van der Waals surface area contributed by atoms with Crippen molar-refractivity contribution in [2.45, 2.75) is 26.7 Å². The Bertz CT molecular complexity index is 232. The van der Waals surface area contributed by atoms with Gasteiger partial charge in [-0.15, -0.1) is 0 Å². The summed E-state index contributed by atoms with van der Waals surface area (Å²) in [7, 11) is 2.10. The third-order valence-electron chi connectivity index (χ3n) is 3.38. The molecule has 1 rings (SSSR count). The molecule has 1 saturated heterocycles. The zero-order valence-corrected chi connectivity index (χ0v) is 10.8. The summed E-state index contributed by atoms with van der Waals surface area (Å²) in [6, 6.07) is 0. The Morgan fingerprint density at radius 3 is 2.50 bits per heavy atom. The van der Waals surface area contributed by atoms with Crippen molar-refractivity contribution in [3.05, 3.63) is 0 Å². The quantitative estimate of drug-likeness (QED) is 0.732. The van der Waals surface area contributed by atoms with Gasteiger partial charge >= 0.3 is 0 Å². The zero-order valence-electron chi connectivity index (χ0n) is 10.8. The SMILES string of the molecule is CN1CCC(C(=O)NCC(C)(C)CN)CC1. The summed E-state index contributed by atoms with van der Waals surface area (Å²) in [6.45, 7) is 7.47. The standard InChI is InChI=1S/C12H25N3O/c1-12(2,8-13)9-14-11(16)10-4-6-15(3)7-5-10/h10H,4-9,13H2,1-3H3,(H,14,16). The fourth-order valence-electron chi connectivity index (χ4n) is 1.81. The molecule has 0 aromatic heterocycles. The molecular weight excluding hydrogens is 202 g/mol. The van der Waals surface area contributed by atoms with E-state index < -0.39 is 0 Å². The maximum Gasteiger partial charge on any atom is 0.223 e. The number of amides is 1. The average molecular weight is 227 g/mol. The maximum absolute atomic E-state index is 11.9. The second-order valence-corrected chi connectivity index (χ2v) is 5.66. The molecule has 0 spiro atoms. The third kappa shape index (κ3) is 4.10. The lowest BCUT2D eigenvalue weighted by Crippen LogP contribution is -2.43. The number of nitrogens with two attached hydrogens (primary N) is 1. The predicted molar refractivity (Wildman–Crippen MR) is 66.1 cm³/mol. The molecule has 0 aromatic carbocycles. The molecule has 4 nitrogen and oxygen atoms in total. The van der Waals surface area contributed by atoms with Crippen LogP contribution in [0.2, 0.25) is 0 Å². The summed E-state index contributed by atoms with van der Waals surface area (Å²) >= 11 is 0. The van der Waals surface area contributed by atoms with Crippen molar-refractivity contribution >= 4 is 5.91 Å². The Balaban J connectivity index is 2.30. The van der Waals surface area contributed by atoms with Crippen molar-refractivity contribution in [2.75, 3.05) is 33.2 Å². The number of rotatable bonds is 4. The van der Waals surface area contributed by atoms with E-state index >= 15 is 0 Å². The van der Waals surface area contributed by atoms with E-state index in [9.17, 15) is 4.79 Å². The van der Waals surface area contributed by atoms with Gasteiger partial charge in [0.25, 0.3) is 0 Å². The number of hydrogen-bond donors (Lipinski definition) is 2. The molecule has 4 heteroatoms. The topological polar surface area (TPSA) is 58.4 Å². The smallest absolute Gasteiger partial charge is 0.223 e. The lowest BCUT2D eigenvalue weighted by atomic mass is 9.92. The van der Waals surface area contributed by atoms with E-state index in [1.165, 1.54) is 0 Å². The molecule has 0 bridgehead atoms. The van der Waals surface area contributed by atoms with Gasteiger partial charge in [0.05, 0.1) is 0 Å². The Labute approximate surface area is 98.6 Å². The molecule has 0 saturated carbocycles. The first-order chi connectivity index (χ1) is 7.44. The number of piperidine rings is 1. The fourth-order valence-corrected chi connectivity index (χ4v) is 1.81. The highest BCUT2D eigenvalue weighted by atomic mass is 16.1. The number of nitrogens with zero attached hydrogens (tertiary/aromatic N) is 1. The van der Waals surface area contributed by atoms with Gasteiger partial charge in [0.15, 0.2) is 0 Å². The normalized spacial score (nSPS) is 19.8. The summed E-state index contributed by atoms with van der Waals surface area (Å²) < 4.78 is 0. The van der Waals surface area contributed by atoms with Crippen LogP contribution < -0.4 is 11.1 Å². The highest BCUT2D eigenvalue weighted by Crippen LogP contribution is 2.17. The van der Waals surface area contributed by atoms with E-state index in [1.54, 1.807) is 0 Å². The number of nitrogens with one attached hydrogen (secondary N) is 1. The number of carbonyl (C=O) groups excluding carboxylic acids is 1. The van der Waals surface area contributed by atoms with Gasteiger partial charge in [-0.3, -0.25) is 4.79 Å². The van der Waals surface area contributed by atoms with Gasteiger partial charge in [0.1, 0.15) is 0 Å². The lowest BCUT2D eigenvalue weighted by molar-refractivity contribution is -0.126. The molecule has 0 radical (unpaired) electrons. The summed E-state index contributed by atoms with van der Waals surface area (Å²) in [6.07, 6.45) is 1.96. The van der Waals surface area contributed by atoms with Crippen LogP contribution in [0.1, 0.15) is 26.7 Å². The summed E-state index contributed by atoms with van der Waals surface area (Å²) in [5.41, 5.74) is 5.63. The molecule has 94 valence electrons. The van der Waals surface area contributed by atoms with Crippen molar-refractivity contribution in [1.82, 2.24) is 10.2 Å². The van der Waals surface area contributed by atoms with Gasteiger partial charge in [0.2, 0.25) is 5.91 Å². The van der Waals surface area contributed by atoms with Gasteiger partial charge in [-0.05, 0) is 44.9 Å². The first kappa shape index (κ1) is 13.5. The molecule has 1 aliphatic rings. The van der Waals surface area contributed by atoms with Gasteiger partial charge in [-0.1, -0.05) is 13.8 Å². The highest BCUT2D eigenvalue weighted by molar-refractivity contribution is 5.78. The molecular formula is C12H25N3O. The Hall–Kier alpha value is -0.610. The van der Waals surface area contributed by atoms with Crippen molar-refractivity contribution in [3.8, 4) is 0 Å². The van der Waals surface area contributed by atoms with Crippen LogP contribution in [0, 0.1) is 11.3 Å². The number of carbonyl (C=O) groups is 1. The van der Waals surface area contributed by atoms with Crippen molar-refractivity contribution in [2.24, 2.45) is 17.1 Å². The largest absolute Gasteiger partial charge is 0.355 e. The molecule has 1 aliphatic heterocycles. The third-order valence-corrected chi connectivity index (χ3v) is 3.38. The van der Waals surface area contributed by atoms with Crippen molar-refractivity contribution in [3.63, 3.8) is 0 Å². The summed E-state index contributed by atoms with van der Waals surface area (Å²) in [4.78, 5) is 14.2. The summed E-state index contributed by atoms with van der Waals surface area (Å²) in [5, 5.41) is 3.02. The molecule has 0 aliphatic carbocycles. The molecule has 0 aromatic rings. The number of likely N-dealkylation sites (tertiary alicyclic amines) is 1. The Kier molecular flexibility index (Phi) is 4.74. The van der Waals surface area contributed by atoms with Crippen LogP contribution in [-0.2, 0) is 4.79 Å². The van der Waals surface area contributed by atoms with Crippen molar-refractivity contribution in [1.29, 1.82) is 0 Å². The van der Waals surface area contributed by atoms with Crippen LogP contribution in [0.5, 0.6) is 0 Å². The van der Waals surface area contributed by atoms with Crippen LogP contribution in [-0.4, -0.2) is 44.0 Å². The van der Waals surface area contributed by atoms with E-state index in [1.807, 2.05) is 0 Å². The lowest BCUT2D eigenvalue weighted by Gasteiger charge is -2.29. The molecule has 0 unspecified atom stereocenters. The zero-order chi connectivity index (χ0) is 12.2. The van der Waals surface area contributed by atoms with Crippen LogP contribution in [0.25, 0.3) is 0 Å². The molecule has 16 heavy (non-hydrogen) atoms. The van der Waals surface area contributed by atoms with Crippen LogP contribution in [0.4, 0.5) is 0 Å². The van der Waals surface area contributed by atoms with Gasteiger partial charge < -0.3 is 16.0 Å². The molecule has 0 atom stereocenters. The van der Waals surface area contributed by atoms with E-state index in [0.29, 0.717) is 13.1 Å². The van der Waals surface area contributed by atoms with Crippen molar-refractivity contribution < 1.29 is 4.79 Å². The minimum absolute atomic E-state index is 0.00111.